The standard InChI is InChI=1S/C35H62N4O14S/c1-20(2)12-15-39(29(44)11-10-26(41)36-14-17-54(49,50)51)16-13-28(43)38-30(21(3)4)24(40)18-23(31(45)22(5)6)8-9-27(42)37-19-25-32(46)33(47)34(48)35(52-7)53-25/h20-23,25,30,32-35,46-48H,8-19H2,1-7H3,(H,36,41)(H,37,42)(H,38,43)(H,49,50,51)/t23-,25-,30+,32-,33+,34-,35-/m1/s1. The first-order chi connectivity index (χ1) is 25.1. The van der Waals surface area contributed by atoms with Crippen LogP contribution >= 0.6 is 0 Å². The molecule has 19 heteroatoms. The minimum atomic E-state index is -4.25. The van der Waals surface area contributed by atoms with Crippen molar-refractivity contribution in [2.45, 2.75) is 123 Å². The molecule has 0 spiro atoms. The number of nitrogens with zero attached hydrogens (tertiary/aromatic N) is 1. The van der Waals surface area contributed by atoms with E-state index in [2.05, 4.69) is 16.0 Å². The number of hydrogen-bond donors (Lipinski definition) is 7. The van der Waals surface area contributed by atoms with Crippen LogP contribution in [0.25, 0.3) is 0 Å². The molecule has 0 unspecified atom stereocenters. The normalized spacial score (nSPS) is 21.4. The average Bonchev–Trinajstić information content (AvgIpc) is 3.08. The third-order valence-corrected chi connectivity index (χ3v) is 9.78. The van der Waals surface area contributed by atoms with Gasteiger partial charge in [0, 0.05) is 77.2 Å². The summed E-state index contributed by atoms with van der Waals surface area (Å²) in [6.07, 6.45) is -7.14. The number of nitrogens with one attached hydrogen (secondary N) is 3. The highest BCUT2D eigenvalue weighted by molar-refractivity contribution is 7.85. The van der Waals surface area contributed by atoms with Gasteiger partial charge in [-0.25, -0.2) is 0 Å². The lowest BCUT2D eigenvalue weighted by Crippen LogP contribution is -2.60. The SMILES string of the molecule is CO[C@@H]1O[C@H](CNC(=O)CC[C@H](CC(=O)[C@@H](NC(=O)CCN(CCC(C)C)C(=O)CCC(=O)NCCS(=O)(=O)O)C(C)C)C(=O)C(C)C)[C@@H](O)[C@H](O)[C@H]1O. The van der Waals surface area contributed by atoms with Gasteiger partial charge in [-0.05, 0) is 24.7 Å². The maximum absolute atomic E-state index is 13.6. The van der Waals surface area contributed by atoms with Crippen molar-refractivity contribution >= 4 is 45.3 Å². The fraction of sp³-hybridized carbons (Fsp3) is 0.829. The van der Waals surface area contributed by atoms with Gasteiger partial charge in [-0.1, -0.05) is 41.5 Å². The molecule has 312 valence electrons. The van der Waals surface area contributed by atoms with Crippen LogP contribution in [0.5, 0.6) is 0 Å². The molecule has 0 aliphatic carbocycles. The van der Waals surface area contributed by atoms with E-state index in [1.165, 1.54) is 12.0 Å². The Balaban J connectivity index is 2.83. The number of ether oxygens (including phenoxy) is 2. The zero-order valence-electron chi connectivity index (χ0n) is 32.5. The van der Waals surface area contributed by atoms with Gasteiger partial charge in [0.25, 0.3) is 10.1 Å². The zero-order chi connectivity index (χ0) is 41.3. The van der Waals surface area contributed by atoms with E-state index in [1.807, 2.05) is 13.8 Å². The zero-order valence-corrected chi connectivity index (χ0v) is 33.3. The Morgan fingerprint density at radius 3 is 1.98 bits per heavy atom. The van der Waals surface area contributed by atoms with Crippen LogP contribution in [0.2, 0.25) is 0 Å². The van der Waals surface area contributed by atoms with Gasteiger partial charge < -0.3 is 45.6 Å². The van der Waals surface area contributed by atoms with Crippen LogP contribution in [0, 0.1) is 23.7 Å². The van der Waals surface area contributed by atoms with Crippen LogP contribution in [0.4, 0.5) is 0 Å². The number of methoxy groups -OCH3 is 1. The predicted octanol–water partition coefficient (Wildman–Crippen LogP) is -0.673. The molecule has 0 aromatic carbocycles. The Bertz CT molecular complexity index is 1360. The van der Waals surface area contributed by atoms with E-state index in [9.17, 15) is 52.5 Å². The number of ketones is 2. The fourth-order valence-electron chi connectivity index (χ4n) is 5.74. The molecule has 1 saturated heterocycles. The van der Waals surface area contributed by atoms with E-state index in [-0.39, 0.29) is 81.7 Å². The summed E-state index contributed by atoms with van der Waals surface area (Å²) >= 11 is 0. The number of aliphatic hydroxyl groups is 3. The molecule has 7 atom stereocenters. The maximum atomic E-state index is 13.6. The van der Waals surface area contributed by atoms with E-state index in [0.29, 0.717) is 13.0 Å². The second kappa shape index (κ2) is 23.8. The summed E-state index contributed by atoms with van der Waals surface area (Å²) < 4.78 is 40.9. The maximum Gasteiger partial charge on any atom is 0.266 e. The van der Waals surface area contributed by atoms with Gasteiger partial charge in [-0.3, -0.25) is 33.3 Å². The molecule has 0 aromatic rings. The topological polar surface area (TPSA) is 275 Å². The summed E-state index contributed by atoms with van der Waals surface area (Å²) in [4.78, 5) is 79.1. The van der Waals surface area contributed by atoms with Crippen molar-refractivity contribution in [1.29, 1.82) is 0 Å². The molecule has 18 nitrogen and oxygen atoms in total. The highest BCUT2D eigenvalue weighted by atomic mass is 32.2. The summed E-state index contributed by atoms with van der Waals surface area (Å²) in [6.45, 7) is 10.6. The third kappa shape index (κ3) is 18.0. The number of aliphatic hydroxyl groups excluding tert-OH is 3. The lowest BCUT2D eigenvalue weighted by atomic mass is 9.84. The molecular formula is C35H62N4O14S. The summed E-state index contributed by atoms with van der Waals surface area (Å²) in [6, 6.07) is -0.958. The van der Waals surface area contributed by atoms with Crippen LogP contribution in [0.1, 0.15) is 86.5 Å². The molecule has 1 rings (SSSR count). The van der Waals surface area contributed by atoms with E-state index in [4.69, 9.17) is 14.0 Å². The lowest BCUT2D eigenvalue weighted by molar-refractivity contribution is -0.288. The summed E-state index contributed by atoms with van der Waals surface area (Å²) in [5.41, 5.74) is 0. The number of carbonyl (C=O) groups excluding carboxylic acids is 6. The molecular weight excluding hydrogens is 732 g/mol. The second-order valence-corrected chi connectivity index (χ2v) is 16.3. The number of amides is 4. The van der Waals surface area contributed by atoms with Crippen molar-refractivity contribution in [2.24, 2.45) is 23.7 Å². The van der Waals surface area contributed by atoms with E-state index < -0.39 is 88.0 Å². The second-order valence-electron chi connectivity index (χ2n) is 14.8. The number of carbonyl (C=O) groups is 6. The van der Waals surface area contributed by atoms with E-state index in [1.54, 1.807) is 27.7 Å². The molecule has 1 heterocycles. The van der Waals surface area contributed by atoms with Gasteiger partial charge >= 0.3 is 0 Å². The van der Waals surface area contributed by atoms with E-state index in [0.717, 1.165) is 0 Å². The van der Waals surface area contributed by atoms with Crippen molar-refractivity contribution in [3.05, 3.63) is 0 Å². The van der Waals surface area contributed by atoms with Gasteiger partial charge in [0.1, 0.15) is 30.2 Å². The molecule has 1 aliphatic rings. The number of hydrogen-bond acceptors (Lipinski definition) is 13. The Labute approximate surface area is 318 Å². The molecule has 4 amide bonds. The van der Waals surface area contributed by atoms with Gasteiger partial charge in [0.15, 0.2) is 12.1 Å². The van der Waals surface area contributed by atoms with E-state index >= 15 is 0 Å². The predicted molar refractivity (Wildman–Crippen MR) is 195 cm³/mol. The third-order valence-electron chi connectivity index (χ3n) is 9.06. The number of Topliss-reactive ketones (excluding diaryl/α,β-unsaturated/α-hetero) is 2. The van der Waals surface area contributed by atoms with Gasteiger partial charge in [-0.2, -0.15) is 8.42 Å². The van der Waals surface area contributed by atoms with Crippen LogP contribution in [-0.2, 0) is 48.4 Å². The molecule has 54 heavy (non-hydrogen) atoms. The fourth-order valence-corrected chi connectivity index (χ4v) is 6.10. The first-order valence-corrected chi connectivity index (χ1v) is 20.0. The first-order valence-electron chi connectivity index (χ1n) is 18.4. The molecule has 1 fully saturated rings. The van der Waals surface area contributed by atoms with Crippen LogP contribution in [0.15, 0.2) is 0 Å². The Hall–Kier alpha value is -3.07. The Kier molecular flexibility index (Phi) is 21.5. The molecule has 7 N–H and O–H groups in total. The summed E-state index contributed by atoms with van der Waals surface area (Å²) in [7, 11) is -3.00. The van der Waals surface area contributed by atoms with Crippen LogP contribution < -0.4 is 16.0 Å². The molecule has 1 aliphatic heterocycles. The van der Waals surface area contributed by atoms with Crippen molar-refractivity contribution in [3.8, 4) is 0 Å². The number of rotatable bonds is 25. The molecule has 0 aromatic heterocycles. The highest BCUT2D eigenvalue weighted by Gasteiger charge is 2.44. The van der Waals surface area contributed by atoms with Crippen molar-refractivity contribution in [1.82, 2.24) is 20.9 Å². The highest BCUT2D eigenvalue weighted by Crippen LogP contribution is 2.23. The molecule has 0 saturated carbocycles. The largest absolute Gasteiger partial charge is 0.388 e. The van der Waals surface area contributed by atoms with Gasteiger partial charge in [-0.15, -0.1) is 0 Å². The summed E-state index contributed by atoms with van der Waals surface area (Å²) in [5.74, 6) is -4.65. The monoisotopic (exact) mass is 794 g/mol. The average molecular weight is 795 g/mol. The smallest absolute Gasteiger partial charge is 0.266 e. The Morgan fingerprint density at radius 1 is 0.796 bits per heavy atom. The Morgan fingerprint density at radius 2 is 1.43 bits per heavy atom. The first kappa shape index (κ1) is 48.9. The van der Waals surface area contributed by atoms with Gasteiger partial charge in [0.2, 0.25) is 23.6 Å². The van der Waals surface area contributed by atoms with Gasteiger partial charge in [0.05, 0.1) is 11.8 Å². The quantitative estimate of drug-likeness (QED) is 0.0565. The van der Waals surface area contributed by atoms with Crippen molar-refractivity contribution in [2.75, 3.05) is 39.0 Å². The lowest BCUT2D eigenvalue weighted by Gasteiger charge is -2.39. The van der Waals surface area contributed by atoms with Crippen molar-refractivity contribution < 1.29 is 66.5 Å². The molecule has 0 radical (unpaired) electrons. The minimum Gasteiger partial charge on any atom is -0.388 e. The van der Waals surface area contributed by atoms with Crippen molar-refractivity contribution in [3.63, 3.8) is 0 Å². The molecule has 0 bridgehead atoms. The summed E-state index contributed by atoms with van der Waals surface area (Å²) in [5, 5.41) is 37.9. The van der Waals surface area contributed by atoms with Crippen LogP contribution in [-0.4, -0.2) is 144 Å². The van der Waals surface area contributed by atoms with Crippen LogP contribution in [0.3, 0.4) is 0 Å². The minimum absolute atomic E-state index is 0.0128.